The van der Waals surface area contributed by atoms with E-state index in [1.54, 1.807) is 6.92 Å². The second kappa shape index (κ2) is 6.70. The van der Waals surface area contributed by atoms with Gasteiger partial charge >= 0.3 is 5.69 Å². The number of aliphatic hydroxyl groups excluding tert-OH is 2. The number of hydrogen-bond donors (Lipinski definition) is 3. The van der Waals surface area contributed by atoms with E-state index >= 15 is 0 Å². The van der Waals surface area contributed by atoms with Crippen LogP contribution in [0.2, 0.25) is 0 Å². The molecule has 25 heavy (non-hydrogen) atoms. The number of anilines is 1. The SMILES string of the molecule is CCCn1c(=O)n([C@@H]2O[C@H]([C@@H](O)CC)[C@H](F)[C@H]2O)c2nc(N)ncc21. The summed E-state index contributed by atoms with van der Waals surface area (Å²) in [6, 6.07) is 0. The van der Waals surface area contributed by atoms with Gasteiger partial charge in [-0.3, -0.25) is 4.57 Å². The number of ether oxygens (including phenoxy) is 1. The highest BCUT2D eigenvalue weighted by molar-refractivity contribution is 5.71. The quantitative estimate of drug-likeness (QED) is 0.686. The Morgan fingerprint density at radius 3 is 2.84 bits per heavy atom. The normalized spacial score (nSPS) is 27.9. The van der Waals surface area contributed by atoms with E-state index in [1.165, 1.54) is 10.8 Å². The van der Waals surface area contributed by atoms with Crippen LogP contribution in [0.3, 0.4) is 0 Å². The summed E-state index contributed by atoms with van der Waals surface area (Å²) in [6.07, 6.45) is -4.70. The van der Waals surface area contributed by atoms with Crippen molar-refractivity contribution in [3.8, 4) is 0 Å². The molecule has 0 aliphatic carbocycles. The van der Waals surface area contributed by atoms with Gasteiger partial charge in [0, 0.05) is 6.54 Å². The summed E-state index contributed by atoms with van der Waals surface area (Å²) in [5.74, 6) is -0.0515. The van der Waals surface area contributed by atoms with E-state index in [4.69, 9.17) is 10.5 Å². The summed E-state index contributed by atoms with van der Waals surface area (Å²) in [5.41, 5.74) is 5.70. The van der Waals surface area contributed by atoms with Crippen LogP contribution in [0, 0.1) is 0 Å². The molecule has 1 saturated heterocycles. The third kappa shape index (κ3) is 2.79. The molecule has 0 spiro atoms. The molecule has 0 radical (unpaired) electrons. The summed E-state index contributed by atoms with van der Waals surface area (Å²) in [6.45, 7) is 3.98. The van der Waals surface area contributed by atoms with Crippen LogP contribution in [-0.4, -0.2) is 53.8 Å². The van der Waals surface area contributed by atoms with Crippen LogP contribution in [0.25, 0.3) is 11.2 Å². The predicted octanol–water partition coefficient (Wildman–Crippen LogP) is -0.0475. The zero-order valence-corrected chi connectivity index (χ0v) is 14.0. The highest BCUT2D eigenvalue weighted by atomic mass is 19.1. The van der Waals surface area contributed by atoms with Crippen LogP contribution in [0.4, 0.5) is 10.3 Å². The number of rotatable bonds is 5. The lowest BCUT2D eigenvalue weighted by Crippen LogP contribution is -2.36. The van der Waals surface area contributed by atoms with E-state index in [0.717, 1.165) is 4.57 Å². The molecule has 0 aromatic carbocycles. The number of aromatic nitrogens is 4. The van der Waals surface area contributed by atoms with Gasteiger partial charge in [0.05, 0.1) is 12.3 Å². The molecule has 2 aromatic rings. The van der Waals surface area contributed by atoms with Crippen molar-refractivity contribution in [3.63, 3.8) is 0 Å². The van der Waals surface area contributed by atoms with Crippen LogP contribution < -0.4 is 11.4 Å². The van der Waals surface area contributed by atoms with Gasteiger partial charge in [-0.15, -0.1) is 0 Å². The van der Waals surface area contributed by atoms with Crippen molar-refractivity contribution in [2.45, 2.75) is 63.9 Å². The number of alkyl halides is 1. The van der Waals surface area contributed by atoms with E-state index in [-0.39, 0.29) is 18.0 Å². The summed E-state index contributed by atoms with van der Waals surface area (Å²) in [7, 11) is 0. The Morgan fingerprint density at radius 2 is 2.20 bits per heavy atom. The molecule has 1 fully saturated rings. The third-order valence-corrected chi connectivity index (χ3v) is 4.45. The first-order chi connectivity index (χ1) is 11.9. The maximum Gasteiger partial charge on any atom is 0.332 e. The first-order valence-corrected chi connectivity index (χ1v) is 8.29. The Hall–Kier alpha value is -2.04. The monoisotopic (exact) mass is 355 g/mol. The van der Waals surface area contributed by atoms with Crippen LogP contribution in [0.15, 0.2) is 11.0 Å². The molecule has 4 N–H and O–H groups in total. The van der Waals surface area contributed by atoms with Crippen molar-refractivity contribution in [2.75, 3.05) is 5.73 Å². The second-order valence-electron chi connectivity index (χ2n) is 6.14. The number of nitrogens with zero attached hydrogens (tertiary/aromatic N) is 4. The lowest BCUT2D eigenvalue weighted by Gasteiger charge is -2.18. The third-order valence-electron chi connectivity index (χ3n) is 4.45. The Bertz CT molecular complexity index is 822. The van der Waals surface area contributed by atoms with E-state index in [1.807, 2.05) is 6.92 Å². The maximum absolute atomic E-state index is 14.4. The molecule has 2 aromatic heterocycles. The van der Waals surface area contributed by atoms with Gasteiger partial charge in [-0.1, -0.05) is 13.8 Å². The van der Waals surface area contributed by atoms with Crippen LogP contribution in [0.1, 0.15) is 32.9 Å². The fourth-order valence-electron chi connectivity index (χ4n) is 3.16. The molecule has 3 heterocycles. The van der Waals surface area contributed by atoms with Crippen molar-refractivity contribution < 1.29 is 19.3 Å². The van der Waals surface area contributed by atoms with Gasteiger partial charge in [-0.2, -0.15) is 4.98 Å². The topological polar surface area (TPSA) is 128 Å². The molecule has 0 unspecified atom stereocenters. The number of nitrogens with two attached hydrogens (primary N) is 1. The van der Waals surface area contributed by atoms with Gasteiger partial charge in [0.2, 0.25) is 5.95 Å². The zero-order valence-electron chi connectivity index (χ0n) is 14.0. The van der Waals surface area contributed by atoms with Crippen LogP contribution in [-0.2, 0) is 11.3 Å². The summed E-state index contributed by atoms with van der Waals surface area (Å²) >= 11 is 0. The summed E-state index contributed by atoms with van der Waals surface area (Å²) in [5, 5.41) is 20.2. The molecule has 1 aliphatic heterocycles. The maximum atomic E-state index is 14.4. The molecule has 138 valence electrons. The molecule has 3 rings (SSSR count). The average Bonchev–Trinajstić information content (AvgIpc) is 3.02. The first kappa shape index (κ1) is 17.8. The molecule has 10 heteroatoms. The first-order valence-electron chi connectivity index (χ1n) is 8.29. The fourth-order valence-corrected chi connectivity index (χ4v) is 3.16. The van der Waals surface area contributed by atoms with E-state index in [2.05, 4.69) is 9.97 Å². The minimum absolute atomic E-state index is 0.0515. The number of halogens is 1. The van der Waals surface area contributed by atoms with Crippen molar-refractivity contribution >= 4 is 17.1 Å². The molecule has 0 bridgehead atoms. The summed E-state index contributed by atoms with van der Waals surface area (Å²) in [4.78, 5) is 20.8. The van der Waals surface area contributed by atoms with E-state index in [0.29, 0.717) is 18.5 Å². The zero-order chi connectivity index (χ0) is 18.3. The standard InChI is InChI=1S/C15H22FN5O4/c1-3-5-20-7-6-18-14(17)19-12(7)21(15(20)24)13-10(23)9(16)11(25-13)8(22)4-2/h6,8-11,13,22-23H,3-5H2,1-2H3,(H2,17,18,19)/t8-,9+,10+,11+,13+/m0/s1. The number of fused-ring (bicyclic) bond motifs is 1. The van der Waals surface area contributed by atoms with E-state index in [9.17, 15) is 19.4 Å². The van der Waals surface area contributed by atoms with Crippen molar-refractivity contribution in [1.29, 1.82) is 0 Å². The second-order valence-corrected chi connectivity index (χ2v) is 6.14. The summed E-state index contributed by atoms with van der Waals surface area (Å²) < 4.78 is 22.4. The van der Waals surface area contributed by atoms with Gasteiger partial charge in [-0.05, 0) is 12.8 Å². The number of aliphatic hydroxyl groups is 2. The number of hydrogen-bond acceptors (Lipinski definition) is 7. The molecule has 9 nitrogen and oxygen atoms in total. The van der Waals surface area contributed by atoms with Gasteiger partial charge in [0.1, 0.15) is 17.7 Å². The Balaban J connectivity index is 2.14. The predicted molar refractivity (Wildman–Crippen MR) is 87.6 cm³/mol. The average molecular weight is 355 g/mol. The van der Waals surface area contributed by atoms with Gasteiger partial charge in [0.25, 0.3) is 0 Å². The lowest BCUT2D eigenvalue weighted by atomic mass is 10.1. The molecule has 1 aliphatic rings. The van der Waals surface area contributed by atoms with Gasteiger partial charge in [-0.25, -0.2) is 18.7 Å². The van der Waals surface area contributed by atoms with E-state index < -0.39 is 36.4 Å². The fraction of sp³-hybridized carbons (Fsp3) is 0.667. The minimum Gasteiger partial charge on any atom is -0.390 e. The van der Waals surface area contributed by atoms with Gasteiger partial charge < -0.3 is 20.7 Å². The molecule has 0 saturated carbocycles. The van der Waals surface area contributed by atoms with Crippen molar-refractivity contribution in [1.82, 2.24) is 19.1 Å². The van der Waals surface area contributed by atoms with Crippen molar-refractivity contribution in [3.05, 3.63) is 16.7 Å². The highest BCUT2D eigenvalue weighted by Crippen LogP contribution is 2.34. The molecule has 5 atom stereocenters. The smallest absolute Gasteiger partial charge is 0.332 e. The Morgan fingerprint density at radius 1 is 1.48 bits per heavy atom. The molecular formula is C15H22FN5O4. The van der Waals surface area contributed by atoms with Crippen LogP contribution in [0.5, 0.6) is 0 Å². The molecule has 0 amide bonds. The lowest BCUT2D eigenvalue weighted by molar-refractivity contribution is -0.0799. The largest absolute Gasteiger partial charge is 0.390 e. The Labute approximate surface area is 142 Å². The highest BCUT2D eigenvalue weighted by Gasteiger charge is 2.49. The number of aryl methyl sites for hydroxylation is 1. The van der Waals surface area contributed by atoms with Crippen LogP contribution >= 0.6 is 0 Å². The van der Waals surface area contributed by atoms with Gasteiger partial charge in [0.15, 0.2) is 18.0 Å². The van der Waals surface area contributed by atoms with Crippen molar-refractivity contribution in [2.24, 2.45) is 0 Å². The molecular weight excluding hydrogens is 333 g/mol. The number of imidazole rings is 1. The minimum atomic E-state index is -1.82. The number of nitrogen functional groups attached to an aromatic ring is 1. The Kier molecular flexibility index (Phi) is 4.76.